The van der Waals surface area contributed by atoms with Gasteiger partial charge in [0.1, 0.15) is 0 Å². The molecule has 0 fully saturated rings. The number of carbonyl (C=O) groups excluding carboxylic acids is 1. The lowest BCUT2D eigenvalue weighted by Crippen LogP contribution is -2.50. The maximum Gasteiger partial charge on any atom is 0.237 e. The van der Waals surface area contributed by atoms with Crippen LogP contribution in [-0.4, -0.2) is 42.0 Å². The fraction of sp³-hybridized carbons (Fsp3) is 0.929. The second kappa shape index (κ2) is 7.10. The first kappa shape index (κ1) is 17.4. The van der Waals surface area contributed by atoms with Crippen molar-refractivity contribution in [3.05, 3.63) is 0 Å². The van der Waals surface area contributed by atoms with E-state index in [9.17, 15) is 4.79 Å². The normalized spacial score (nSPS) is 14.4. The number of rotatable bonds is 6. The van der Waals surface area contributed by atoms with E-state index in [0.717, 1.165) is 6.54 Å². The summed E-state index contributed by atoms with van der Waals surface area (Å²) >= 11 is 0. The van der Waals surface area contributed by atoms with Crippen LogP contribution in [0, 0.1) is 5.41 Å². The van der Waals surface area contributed by atoms with Gasteiger partial charge in [0.2, 0.25) is 5.91 Å². The molecule has 0 heterocycles. The summed E-state index contributed by atoms with van der Waals surface area (Å²) in [4.78, 5) is 14.2. The fourth-order valence-corrected chi connectivity index (χ4v) is 1.92. The lowest BCUT2D eigenvalue weighted by molar-refractivity contribution is -0.124. The molecule has 18 heavy (non-hydrogen) atoms. The van der Waals surface area contributed by atoms with Crippen molar-refractivity contribution in [3.63, 3.8) is 0 Å². The largest absolute Gasteiger partial charge is 0.353 e. The minimum Gasteiger partial charge on any atom is -0.353 e. The van der Waals surface area contributed by atoms with Crippen molar-refractivity contribution in [2.75, 3.05) is 13.1 Å². The summed E-state index contributed by atoms with van der Waals surface area (Å²) in [5.74, 6) is -0.0602. The van der Waals surface area contributed by atoms with Gasteiger partial charge in [-0.25, -0.2) is 0 Å². The van der Waals surface area contributed by atoms with Crippen molar-refractivity contribution in [1.29, 1.82) is 0 Å². The molecule has 3 N–H and O–H groups in total. The predicted octanol–water partition coefficient (Wildman–Crippen LogP) is 1.59. The molecule has 0 aliphatic rings. The number of nitrogens with one attached hydrogen (secondary N) is 1. The molecular formula is C14H31N3O. The molecule has 0 aromatic carbocycles. The number of hydrogen-bond acceptors (Lipinski definition) is 3. The zero-order valence-corrected chi connectivity index (χ0v) is 13.1. The molecule has 0 bridgehead atoms. The van der Waals surface area contributed by atoms with E-state index in [4.69, 9.17) is 5.73 Å². The van der Waals surface area contributed by atoms with Crippen LogP contribution >= 0.6 is 0 Å². The van der Waals surface area contributed by atoms with E-state index in [1.807, 2.05) is 20.8 Å². The Bertz CT molecular complexity index is 248. The predicted molar refractivity (Wildman–Crippen MR) is 77.4 cm³/mol. The van der Waals surface area contributed by atoms with Crippen LogP contribution in [0.4, 0.5) is 0 Å². The molecule has 0 rings (SSSR count). The Balaban J connectivity index is 4.15. The molecule has 0 radical (unpaired) electrons. The number of hydrogen-bond donors (Lipinski definition) is 2. The minimum absolute atomic E-state index is 0.0602. The van der Waals surface area contributed by atoms with Crippen LogP contribution < -0.4 is 11.1 Å². The zero-order chi connectivity index (χ0) is 14.5. The molecule has 1 atom stereocenters. The third-order valence-corrected chi connectivity index (χ3v) is 3.21. The molecule has 108 valence electrons. The van der Waals surface area contributed by atoms with E-state index in [1.54, 1.807) is 0 Å². The topological polar surface area (TPSA) is 58.4 Å². The number of nitrogens with zero attached hydrogens (tertiary/aromatic N) is 1. The summed E-state index contributed by atoms with van der Waals surface area (Å²) in [6, 6.07) is 0.514. The highest BCUT2D eigenvalue weighted by Gasteiger charge is 2.27. The molecule has 0 saturated carbocycles. The van der Waals surface area contributed by atoms with Crippen molar-refractivity contribution >= 4 is 5.91 Å². The van der Waals surface area contributed by atoms with Gasteiger partial charge in [0.15, 0.2) is 0 Å². The van der Waals surface area contributed by atoms with E-state index in [-0.39, 0.29) is 11.3 Å². The second-order valence-corrected chi connectivity index (χ2v) is 6.56. The molecule has 1 unspecified atom stereocenters. The van der Waals surface area contributed by atoms with Crippen molar-refractivity contribution in [1.82, 2.24) is 10.2 Å². The third kappa shape index (κ3) is 5.83. The number of nitrogens with two attached hydrogens (primary N) is 1. The molecule has 0 spiro atoms. The quantitative estimate of drug-likeness (QED) is 0.760. The summed E-state index contributed by atoms with van der Waals surface area (Å²) in [6.45, 7) is 16.1. The summed E-state index contributed by atoms with van der Waals surface area (Å²) in [5, 5.41) is 2.92. The molecule has 0 aliphatic carbocycles. The van der Waals surface area contributed by atoms with Gasteiger partial charge < -0.3 is 11.1 Å². The van der Waals surface area contributed by atoms with Crippen LogP contribution in [-0.2, 0) is 4.79 Å². The second-order valence-electron chi connectivity index (χ2n) is 6.56. The van der Waals surface area contributed by atoms with Gasteiger partial charge in [0, 0.05) is 25.2 Å². The van der Waals surface area contributed by atoms with Gasteiger partial charge in [-0.1, -0.05) is 20.8 Å². The highest BCUT2D eigenvalue weighted by atomic mass is 16.2. The molecular weight excluding hydrogens is 226 g/mol. The number of amides is 1. The highest BCUT2D eigenvalue weighted by molar-refractivity contribution is 5.82. The van der Waals surface area contributed by atoms with Gasteiger partial charge in [-0.2, -0.15) is 0 Å². The van der Waals surface area contributed by atoms with Gasteiger partial charge in [-0.15, -0.1) is 0 Å². The Labute approximate surface area is 112 Å². The van der Waals surface area contributed by atoms with Gasteiger partial charge in [-0.3, -0.25) is 9.69 Å². The van der Waals surface area contributed by atoms with Crippen LogP contribution in [0.25, 0.3) is 0 Å². The lowest BCUT2D eigenvalue weighted by atomic mass is 9.87. The van der Waals surface area contributed by atoms with E-state index >= 15 is 0 Å². The first-order chi connectivity index (χ1) is 8.07. The summed E-state index contributed by atoms with van der Waals surface area (Å²) in [6.07, 6.45) is 0. The molecule has 0 aromatic heterocycles. The Morgan fingerprint density at radius 2 is 1.61 bits per heavy atom. The molecule has 0 saturated heterocycles. The Hall–Kier alpha value is -0.610. The minimum atomic E-state index is -0.455. The molecule has 4 heteroatoms. The van der Waals surface area contributed by atoms with Crippen molar-refractivity contribution in [3.8, 4) is 0 Å². The molecule has 0 aromatic rings. The van der Waals surface area contributed by atoms with E-state index in [1.165, 1.54) is 0 Å². The summed E-state index contributed by atoms with van der Waals surface area (Å²) in [7, 11) is 0. The van der Waals surface area contributed by atoms with Crippen LogP contribution in [0.15, 0.2) is 0 Å². The Kier molecular flexibility index (Phi) is 6.86. The smallest absolute Gasteiger partial charge is 0.237 e. The molecule has 4 nitrogen and oxygen atoms in total. The van der Waals surface area contributed by atoms with Crippen LogP contribution in [0.1, 0.15) is 48.5 Å². The van der Waals surface area contributed by atoms with Gasteiger partial charge in [0.05, 0.1) is 6.04 Å². The third-order valence-electron chi connectivity index (χ3n) is 3.21. The average molecular weight is 257 g/mol. The number of carbonyl (C=O) groups is 1. The monoisotopic (exact) mass is 257 g/mol. The maximum absolute atomic E-state index is 11.9. The zero-order valence-electron chi connectivity index (χ0n) is 13.1. The summed E-state index contributed by atoms with van der Waals surface area (Å²) < 4.78 is 0. The van der Waals surface area contributed by atoms with Gasteiger partial charge in [0.25, 0.3) is 0 Å². The molecule has 0 aliphatic heterocycles. The van der Waals surface area contributed by atoms with Crippen LogP contribution in [0.3, 0.4) is 0 Å². The summed E-state index contributed by atoms with van der Waals surface area (Å²) in [5.41, 5.74) is 5.71. The van der Waals surface area contributed by atoms with Crippen LogP contribution in [0.5, 0.6) is 0 Å². The SMILES string of the molecule is CC(C)N(CCNC(=O)C(N)C(C)(C)C)C(C)C. The van der Waals surface area contributed by atoms with Gasteiger partial charge in [-0.05, 0) is 33.1 Å². The van der Waals surface area contributed by atoms with Crippen molar-refractivity contribution in [2.45, 2.75) is 66.6 Å². The average Bonchev–Trinajstić information content (AvgIpc) is 2.20. The van der Waals surface area contributed by atoms with E-state index in [0.29, 0.717) is 18.6 Å². The van der Waals surface area contributed by atoms with E-state index in [2.05, 4.69) is 37.9 Å². The lowest BCUT2D eigenvalue weighted by Gasteiger charge is -2.31. The molecule has 1 amide bonds. The van der Waals surface area contributed by atoms with Crippen LogP contribution in [0.2, 0.25) is 0 Å². The first-order valence-corrected chi connectivity index (χ1v) is 6.86. The van der Waals surface area contributed by atoms with E-state index < -0.39 is 6.04 Å². The highest BCUT2D eigenvalue weighted by Crippen LogP contribution is 2.17. The Morgan fingerprint density at radius 3 is 1.94 bits per heavy atom. The maximum atomic E-state index is 11.9. The standard InChI is InChI=1S/C14H31N3O/c1-10(2)17(11(3)4)9-8-16-13(18)12(15)14(5,6)7/h10-12H,8-9,15H2,1-7H3,(H,16,18). The first-order valence-electron chi connectivity index (χ1n) is 6.86. The van der Waals surface area contributed by atoms with Gasteiger partial charge >= 0.3 is 0 Å². The van der Waals surface area contributed by atoms with Crippen molar-refractivity contribution < 1.29 is 4.79 Å². The fourth-order valence-electron chi connectivity index (χ4n) is 1.92. The van der Waals surface area contributed by atoms with Crippen molar-refractivity contribution in [2.24, 2.45) is 11.1 Å². The Morgan fingerprint density at radius 1 is 1.17 bits per heavy atom.